The average Bonchev–Trinajstić information content (AvgIpc) is 2.97. The standard InChI is InChI=1S/C25H20N.C11H20O2.Ir/c1-25(2,3)17-11-12-21-22(15-17)19-9-5-4-8-18(19)20-10-6-7-16-13-14-26-24(21)23(16)20;1-8(2)5-10(12)7-11(13)6-9(3)4;/h4-11,13-15H,1-3H3;7-9,12H,5-6H2,1-4H3;/q-1;;/b;10-7-;. The van der Waals surface area contributed by atoms with Gasteiger partial charge in [-0.2, -0.15) is 0 Å². The number of aliphatic hydroxyl groups excluding tert-OH is 1. The van der Waals surface area contributed by atoms with Gasteiger partial charge in [-0.15, -0.1) is 29.3 Å². The van der Waals surface area contributed by atoms with Crippen LogP contribution in [0.3, 0.4) is 0 Å². The van der Waals surface area contributed by atoms with Crippen LogP contribution in [0, 0.1) is 17.9 Å². The third kappa shape index (κ3) is 7.16. The minimum Gasteiger partial charge on any atom is -0.512 e. The van der Waals surface area contributed by atoms with Gasteiger partial charge in [-0.3, -0.25) is 4.79 Å². The fraction of sp³-hybridized carbons (Fsp3) is 0.333. The van der Waals surface area contributed by atoms with Crippen molar-refractivity contribution in [3.63, 3.8) is 0 Å². The quantitative estimate of drug-likeness (QED) is 0.112. The van der Waals surface area contributed by atoms with Gasteiger partial charge < -0.3 is 10.1 Å². The zero-order valence-corrected chi connectivity index (χ0v) is 27.0. The van der Waals surface area contributed by atoms with Gasteiger partial charge in [-0.05, 0) is 50.9 Å². The molecule has 1 heterocycles. The van der Waals surface area contributed by atoms with Crippen molar-refractivity contribution in [2.45, 2.75) is 66.7 Å². The van der Waals surface area contributed by atoms with Crippen LogP contribution in [0.4, 0.5) is 0 Å². The van der Waals surface area contributed by atoms with Crippen LogP contribution in [0.2, 0.25) is 0 Å². The Morgan fingerprint density at radius 1 is 0.900 bits per heavy atom. The molecule has 0 unspecified atom stereocenters. The summed E-state index contributed by atoms with van der Waals surface area (Å²) in [6.45, 7) is 14.8. The average molecular weight is 711 g/mol. The Morgan fingerprint density at radius 2 is 1.52 bits per heavy atom. The Morgan fingerprint density at radius 3 is 2.15 bits per heavy atom. The number of fused-ring (bicyclic) bond motifs is 5. The van der Waals surface area contributed by atoms with Crippen molar-refractivity contribution >= 4 is 16.6 Å². The Kier molecular flexibility index (Phi) is 10.3. The van der Waals surface area contributed by atoms with E-state index < -0.39 is 0 Å². The van der Waals surface area contributed by atoms with Crippen LogP contribution in [-0.2, 0) is 30.3 Å². The van der Waals surface area contributed by atoms with Gasteiger partial charge in [0.1, 0.15) is 0 Å². The molecular formula is C36H40IrNO2-. The normalized spacial score (nSPS) is 12.2. The summed E-state index contributed by atoms with van der Waals surface area (Å²) in [5.74, 6) is 0.979. The number of hydrogen-bond acceptors (Lipinski definition) is 3. The number of carbonyl (C=O) groups is 1. The van der Waals surface area contributed by atoms with Gasteiger partial charge in [0.25, 0.3) is 0 Å². The van der Waals surface area contributed by atoms with Gasteiger partial charge >= 0.3 is 0 Å². The molecule has 1 N–H and O–H groups in total. The number of benzene rings is 3. The zero-order valence-electron chi connectivity index (χ0n) is 24.6. The second kappa shape index (κ2) is 13.1. The molecule has 3 aromatic carbocycles. The van der Waals surface area contributed by atoms with Crippen LogP contribution in [0.15, 0.2) is 78.7 Å². The largest absolute Gasteiger partial charge is 0.512 e. The third-order valence-electron chi connectivity index (χ3n) is 6.90. The molecule has 4 aromatic rings. The van der Waals surface area contributed by atoms with Crippen molar-refractivity contribution in [3.05, 3.63) is 90.3 Å². The summed E-state index contributed by atoms with van der Waals surface area (Å²) in [7, 11) is 0. The Bertz CT molecular complexity index is 1520. The first-order valence-corrected chi connectivity index (χ1v) is 13.9. The molecule has 0 atom stereocenters. The number of ketones is 1. The van der Waals surface area contributed by atoms with Gasteiger partial charge in [0.05, 0.1) is 5.76 Å². The number of allylic oxidation sites excluding steroid dienone is 2. The molecule has 1 radical (unpaired) electrons. The van der Waals surface area contributed by atoms with E-state index >= 15 is 0 Å². The number of nitrogens with zero attached hydrogens (tertiary/aromatic N) is 1. The minimum absolute atomic E-state index is 0. The van der Waals surface area contributed by atoms with Crippen LogP contribution in [0.25, 0.3) is 44.3 Å². The van der Waals surface area contributed by atoms with E-state index in [1.165, 1.54) is 44.7 Å². The van der Waals surface area contributed by atoms with Crippen molar-refractivity contribution in [2.75, 3.05) is 0 Å². The molecule has 211 valence electrons. The Balaban J connectivity index is 0.000000272. The molecule has 5 rings (SSSR count). The van der Waals surface area contributed by atoms with E-state index in [1.807, 2.05) is 33.9 Å². The van der Waals surface area contributed by atoms with E-state index in [1.54, 1.807) is 0 Å². The maximum Gasteiger partial charge on any atom is 0.159 e. The van der Waals surface area contributed by atoms with E-state index in [2.05, 4.69) is 87.5 Å². The SMILES string of the molecule is CC(C)(C)c1c[c-]c2c(c1)-c1ccccc1-c1cccc3ccnc-2c13.CC(C)CC(=O)/C=C(\O)CC(C)C.[Ir]. The van der Waals surface area contributed by atoms with Crippen LogP contribution in [0.1, 0.15) is 66.9 Å². The van der Waals surface area contributed by atoms with Gasteiger partial charge in [0.15, 0.2) is 5.78 Å². The molecule has 3 nitrogen and oxygen atoms in total. The predicted molar refractivity (Wildman–Crippen MR) is 164 cm³/mol. The van der Waals surface area contributed by atoms with Crippen molar-refractivity contribution in [2.24, 2.45) is 11.8 Å². The van der Waals surface area contributed by atoms with Crippen molar-refractivity contribution in [1.29, 1.82) is 0 Å². The van der Waals surface area contributed by atoms with Gasteiger partial charge in [0, 0.05) is 45.2 Å². The summed E-state index contributed by atoms with van der Waals surface area (Å²) >= 11 is 0. The summed E-state index contributed by atoms with van der Waals surface area (Å²) in [4.78, 5) is 16.0. The zero-order chi connectivity index (χ0) is 28.3. The first-order chi connectivity index (χ1) is 18.5. The number of hydrogen-bond donors (Lipinski definition) is 1. The molecule has 1 aliphatic carbocycles. The molecule has 1 aliphatic rings. The molecule has 0 saturated carbocycles. The molecular weight excluding hydrogens is 671 g/mol. The fourth-order valence-corrected chi connectivity index (χ4v) is 5.06. The molecule has 0 fully saturated rings. The molecule has 0 bridgehead atoms. The van der Waals surface area contributed by atoms with E-state index in [0.717, 1.165) is 11.3 Å². The monoisotopic (exact) mass is 711 g/mol. The smallest absolute Gasteiger partial charge is 0.159 e. The van der Waals surface area contributed by atoms with E-state index in [9.17, 15) is 9.90 Å². The topological polar surface area (TPSA) is 50.2 Å². The van der Waals surface area contributed by atoms with Crippen LogP contribution in [-0.4, -0.2) is 15.9 Å². The van der Waals surface area contributed by atoms with Gasteiger partial charge in [0.2, 0.25) is 0 Å². The van der Waals surface area contributed by atoms with E-state index in [4.69, 9.17) is 4.98 Å². The first-order valence-electron chi connectivity index (χ1n) is 13.9. The Labute approximate surface area is 253 Å². The summed E-state index contributed by atoms with van der Waals surface area (Å²) in [5, 5.41) is 11.8. The summed E-state index contributed by atoms with van der Waals surface area (Å²) in [6, 6.07) is 25.3. The maximum absolute atomic E-state index is 11.2. The molecule has 0 aliphatic heterocycles. The van der Waals surface area contributed by atoms with Gasteiger partial charge in [-0.1, -0.05) is 102 Å². The van der Waals surface area contributed by atoms with Crippen molar-refractivity contribution in [3.8, 4) is 33.5 Å². The molecule has 4 heteroatoms. The number of aromatic nitrogens is 1. The minimum atomic E-state index is 0. The van der Waals surface area contributed by atoms with Crippen LogP contribution < -0.4 is 0 Å². The second-order valence-corrected chi connectivity index (χ2v) is 12.3. The molecule has 0 amide bonds. The van der Waals surface area contributed by atoms with Crippen molar-refractivity contribution in [1.82, 2.24) is 4.98 Å². The summed E-state index contributed by atoms with van der Waals surface area (Å²) in [5.41, 5.74) is 8.52. The molecule has 40 heavy (non-hydrogen) atoms. The number of rotatable bonds is 5. The second-order valence-electron chi connectivity index (χ2n) is 12.3. The van der Waals surface area contributed by atoms with Crippen LogP contribution >= 0.6 is 0 Å². The molecule has 0 saturated heterocycles. The third-order valence-corrected chi connectivity index (χ3v) is 6.90. The summed E-state index contributed by atoms with van der Waals surface area (Å²) < 4.78 is 0. The van der Waals surface area contributed by atoms with Crippen molar-refractivity contribution < 1.29 is 30.0 Å². The summed E-state index contributed by atoms with van der Waals surface area (Å²) in [6.07, 6.45) is 4.37. The van der Waals surface area contributed by atoms with E-state index in [0.29, 0.717) is 24.7 Å². The van der Waals surface area contributed by atoms with Crippen LogP contribution in [0.5, 0.6) is 0 Å². The molecule has 1 aromatic heterocycles. The fourth-order valence-electron chi connectivity index (χ4n) is 5.06. The van der Waals surface area contributed by atoms with Gasteiger partial charge in [-0.25, -0.2) is 0 Å². The van der Waals surface area contributed by atoms with E-state index in [-0.39, 0.29) is 37.1 Å². The first kappa shape index (κ1) is 31.5. The molecule has 0 spiro atoms. The maximum atomic E-state index is 11.2. The Hall–Kier alpha value is -3.07. The number of pyridine rings is 1. The number of carbonyl (C=O) groups excluding carboxylic acids is 1. The number of aliphatic hydroxyl groups is 1. The predicted octanol–water partition coefficient (Wildman–Crippen LogP) is 9.73.